The van der Waals surface area contributed by atoms with Gasteiger partial charge in [-0.2, -0.15) is 0 Å². The molecular weight excluding hydrogens is 286 g/mol. The van der Waals surface area contributed by atoms with Gasteiger partial charge >= 0.3 is 5.97 Å². The summed E-state index contributed by atoms with van der Waals surface area (Å²) in [5.41, 5.74) is -0.0864. The van der Waals surface area contributed by atoms with Gasteiger partial charge in [0.1, 0.15) is 6.26 Å². The zero-order valence-corrected chi connectivity index (χ0v) is 13.2. The van der Waals surface area contributed by atoms with Crippen LogP contribution in [0.15, 0.2) is 16.7 Å². The molecule has 2 rings (SSSR count). The Morgan fingerprint density at radius 1 is 1.41 bits per heavy atom. The number of rotatable bonds is 7. The minimum Gasteiger partial charge on any atom is -0.478 e. The molecule has 0 aromatic carbocycles. The Labute approximate surface area is 129 Å². The normalized spacial score (nSPS) is 22.9. The van der Waals surface area contributed by atoms with E-state index in [0.29, 0.717) is 6.61 Å². The third-order valence-electron chi connectivity index (χ3n) is 4.84. The van der Waals surface area contributed by atoms with Gasteiger partial charge in [0.25, 0.3) is 5.91 Å². The van der Waals surface area contributed by atoms with E-state index < -0.39 is 5.97 Å². The number of hydrogen-bond acceptors (Lipinski definition) is 4. The summed E-state index contributed by atoms with van der Waals surface area (Å²) in [5, 5.41) is 11.8. The minimum absolute atomic E-state index is 0.0185. The number of amides is 1. The van der Waals surface area contributed by atoms with Crippen molar-refractivity contribution in [3.63, 3.8) is 0 Å². The second kappa shape index (κ2) is 6.52. The number of nitrogens with one attached hydrogen (secondary N) is 1. The first kappa shape index (κ1) is 16.5. The molecule has 1 aromatic rings. The van der Waals surface area contributed by atoms with Gasteiger partial charge in [-0.15, -0.1) is 0 Å². The zero-order valence-electron chi connectivity index (χ0n) is 13.2. The van der Waals surface area contributed by atoms with Crippen LogP contribution in [0, 0.1) is 5.41 Å². The maximum absolute atomic E-state index is 12.2. The molecule has 1 fully saturated rings. The van der Waals surface area contributed by atoms with Gasteiger partial charge in [-0.3, -0.25) is 4.79 Å². The number of aromatic carboxylic acids is 1. The van der Waals surface area contributed by atoms with Gasteiger partial charge in [-0.25, -0.2) is 4.79 Å². The van der Waals surface area contributed by atoms with Crippen molar-refractivity contribution in [2.24, 2.45) is 5.41 Å². The molecule has 2 N–H and O–H groups in total. The molecule has 1 aliphatic rings. The summed E-state index contributed by atoms with van der Waals surface area (Å²) in [7, 11) is 0. The number of hydrogen-bond donors (Lipinski definition) is 2. The van der Waals surface area contributed by atoms with Gasteiger partial charge < -0.3 is 19.6 Å². The van der Waals surface area contributed by atoms with Gasteiger partial charge in [0.15, 0.2) is 5.76 Å². The smallest absolute Gasteiger partial charge is 0.338 e. The van der Waals surface area contributed by atoms with E-state index >= 15 is 0 Å². The molecule has 0 saturated heterocycles. The van der Waals surface area contributed by atoms with Crippen molar-refractivity contribution in [3.05, 3.63) is 23.7 Å². The van der Waals surface area contributed by atoms with Crippen molar-refractivity contribution in [3.8, 4) is 0 Å². The van der Waals surface area contributed by atoms with Crippen molar-refractivity contribution in [2.75, 3.05) is 6.61 Å². The fourth-order valence-electron chi connectivity index (χ4n) is 3.38. The number of furan rings is 1. The highest BCUT2D eigenvalue weighted by Crippen LogP contribution is 2.48. The number of ether oxygens (including phenoxy) is 1. The number of carbonyl (C=O) groups excluding carboxylic acids is 1. The SMILES string of the molecule is CCOC1CC(NC(=O)c2cc(C(=O)O)co2)C1(CC)CC. The summed E-state index contributed by atoms with van der Waals surface area (Å²) in [5.74, 6) is -1.46. The largest absolute Gasteiger partial charge is 0.478 e. The molecule has 0 spiro atoms. The summed E-state index contributed by atoms with van der Waals surface area (Å²) in [6.45, 7) is 6.83. The molecule has 1 amide bonds. The standard InChI is InChI=1S/C16H23NO5/c1-4-16(5-2)12(8-13(16)21-6-3)17-14(18)11-7-10(9-22-11)15(19)20/h7,9,12-13H,4-6,8H2,1-3H3,(H,17,18)(H,19,20). The third-order valence-corrected chi connectivity index (χ3v) is 4.84. The van der Waals surface area contributed by atoms with Crippen molar-refractivity contribution in [1.29, 1.82) is 0 Å². The van der Waals surface area contributed by atoms with Gasteiger partial charge in [-0.1, -0.05) is 13.8 Å². The third kappa shape index (κ3) is 2.75. The first-order valence-corrected chi connectivity index (χ1v) is 7.72. The number of carboxylic acids is 1. The fraction of sp³-hybridized carbons (Fsp3) is 0.625. The fourth-order valence-corrected chi connectivity index (χ4v) is 3.38. The van der Waals surface area contributed by atoms with E-state index in [0.717, 1.165) is 25.5 Å². The quantitative estimate of drug-likeness (QED) is 0.808. The molecule has 2 unspecified atom stereocenters. The van der Waals surface area contributed by atoms with E-state index in [2.05, 4.69) is 19.2 Å². The predicted molar refractivity (Wildman–Crippen MR) is 80.0 cm³/mol. The summed E-state index contributed by atoms with van der Waals surface area (Å²) in [6.07, 6.45) is 3.83. The van der Waals surface area contributed by atoms with E-state index in [1.54, 1.807) is 0 Å². The second-order valence-corrected chi connectivity index (χ2v) is 5.65. The van der Waals surface area contributed by atoms with Crippen LogP contribution in [0.3, 0.4) is 0 Å². The van der Waals surface area contributed by atoms with E-state index in [1.807, 2.05) is 6.92 Å². The van der Waals surface area contributed by atoms with Crippen LogP contribution in [0.4, 0.5) is 0 Å². The van der Waals surface area contributed by atoms with Crippen LogP contribution in [0.2, 0.25) is 0 Å². The van der Waals surface area contributed by atoms with E-state index in [-0.39, 0.29) is 34.8 Å². The molecule has 1 aliphatic carbocycles. The summed E-state index contributed by atoms with van der Waals surface area (Å²) < 4.78 is 10.8. The minimum atomic E-state index is -1.11. The average Bonchev–Trinajstić information content (AvgIpc) is 2.97. The molecule has 6 nitrogen and oxygen atoms in total. The molecule has 1 saturated carbocycles. The summed E-state index contributed by atoms with van der Waals surface area (Å²) >= 11 is 0. The predicted octanol–water partition coefficient (Wildman–Crippen LogP) is 2.69. The van der Waals surface area contributed by atoms with Crippen LogP contribution >= 0.6 is 0 Å². The zero-order chi connectivity index (χ0) is 16.3. The Bertz CT molecular complexity index is 546. The van der Waals surface area contributed by atoms with Crippen LogP contribution in [0.25, 0.3) is 0 Å². The highest BCUT2D eigenvalue weighted by molar-refractivity contribution is 5.95. The topological polar surface area (TPSA) is 88.8 Å². The molecule has 0 aliphatic heterocycles. The summed E-state index contributed by atoms with van der Waals surface area (Å²) in [4.78, 5) is 23.1. The lowest BCUT2D eigenvalue weighted by atomic mass is 9.58. The first-order valence-electron chi connectivity index (χ1n) is 7.72. The Morgan fingerprint density at radius 2 is 2.09 bits per heavy atom. The monoisotopic (exact) mass is 309 g/mol. The Morgan fingerprint density at radius 3 is 2.59 bits per heavy atom. The van der Waals surface area contributed by atoms with Gasteiger partial charge in [0.05, 0.1) is 11.7 Å². The molecule has 122 valence electrons. The van der Waals surface area contributed by atoms with Gasteiger partial charge in [0, 0.05) is 24.1 Å². The number of carbonyl (C=O) groups is 2. The van der Waals surface area contributed by atoms with Crippen molar-refractivity contribution in [1.82, 2.24) is 5.32 Å². The molecule has 1 aromatic heterocycles. The Kier molecular flexibility index (Phi) is 4.90. The van der Waals surface area contributed by atoms with Gasteiger partial charge in [0.2, 0.25) is 0 Å². The maximum Gasteiger partial charge on any atom is 0.338 e. The Hall–Kier alpha value is -1.82. The lowest BCUT2D eigenvalue weighted by molar-refractivity contribution is -0.134. The van der Waals surface area contributed by atoms with E-state index in [4.69, 9.17) is 14.3 Å². The molecule has 2 atom stereocenters. The van der Waals surface area contributed by atoms with Crippen LogP contribution in [0.5, 0.6) is 0 Å². The maximum atomic E-state index is 12.2. The second-order valence-electron chi connectivity index (χ2n) is 5.65. The van der Waals surface area contributed by atoms with Crippen LogP contribution in [-0.2, 0) is 4.74 Å². The first-order chi connectivity index (χ1) is 10.5. The average molecular weight is 309 g/mol. The molecular formula is C16H23NO5. The molecule has 6 heteroatoms. The van der Waals surface area contributed by atoms with Crippen molar-refractivity contribution >= 4 is 11.9 Å². The summed E-state index contributed by atoms with van der Waals surface area (Å²) in [6, 6.07) is 1.26. The highest BCUT2D eigenvalue weighted by atomic mass is 16.5. The lowest BCUT2D eigenvalue weighted by Gasteiger charge is -2.55. The Balaban J connectivity index is 2.06. The van der Waals surface area contributed by atoms with Crippen LogP contribution in [-0.4, -0.2) is 35.7 Å². The van der Waals surface area contributed by atoms with E-state index in [1.165, 1.54) is 6.07 Å². The van der Waals surface area contributed by atoms with Gasteiger partial charge in [-0.05, 0) is 26.2 Å². The van der Waals surface area contributed by atoms with E-state index in [9.17, 15) is 9.59 Å². The van der Waals surface area contributed by atoms with Crippen molar-refractivity contribution < 1.29 is 23.8 Å². The van der Waals surface area contributed by atoms with Crippen molar-refractivity contribution in [2.45, 2.75) is 52.2 Å². The molecule has 0 radical (unpaired) electrons. The highest BCUT2D eigenvalue weighted by Gasteiger charge is 2.54. The molecule has 0 bridgehead atoms. The van der Waals surface area contributed by atoms with Crippen LogP contribution < -0.4 is 5.32 Å². The molecule has 1 heterocycles. The molecule has 22 heavy (non-hydrogen) atoms. The number of carboxylic acid groups (broad SMARTS) is 1. The van der Waals surface area contributed by atoms with Crippen LogP contribution in [0.1, 0.15) is 60.9 Å². The lowest BCUT2D eigenvalue weighted by Crippen LogP contribution is -2.64.